The van der Waals surface area contributed by atoms with Gasteiger partial charge >= 0.3 is 0 Å². The number of thiazole rings is 1. The first-order valence-corrected chi connectivity index (χ1v) is 9.65. The van der Waals surface area contributed by atoms with Crippen LogP contribution in [0.3, 0.4) is 0 Å². The first-order chi connectivity index (χ1) is 12.2. The smallest absolute Gasteiger partial charge is 0.226 e. The van der Waals surface area contributed by atoms with Crippen LogP contribution >= 0.6 is 11.3 Å². The molecule has 0 saturated carbocycles. The van der Waals surface area contributed by atoms with E-state index < -0.39 is 0 Å². The Bertz CT molecular complexity index is 772. The van der Waals surface area contributed by atoms with Crippen LogP contribution in [0.4, 0.5) is 0 Å². The van der Waals surface area contributed by atoms with Crippen LogP contribution in [0.1, 0.15) is 28.2 Å². The highest BCUT2D eigenvalue weighted by molar-refractivity contribution is 7.09. The second-order valence-electron chi connectivity index (χ2n) is 6.79. The van der Waals surface area contributed by atoms with Gasteiger partial charge in [-0.25, -0.2) is 4.98 Å². The molecule has 1 atom stereocenters. The highest BCUT2D eigenvalue weighted by Crippen LogP contribution is 2.42. The summed E-state index contributed by atoms with van der Waals surface area (Å²) in [5, 5.41) is 5.60. The van der Waals surface area contributed by atoms with Crippen molar-refractivity contribution in [3.8, 4) is 0 Å². The van der Waals surface area contributed by atoms with Crippen LogP contribution < -0.4 is 5.32 Å². The molecule has 5 nitrogen and oxygen atoms in total. The van der Waals surface area contributed by atoms with Crippen LogP contribution in [0.2, 0.25) is 0 Å². The van der Waals surface area contributed by atoms with E-state index >= 15 is 0 Å². The zero-order valence-electron chi connectivity index (χ0n) is 14.5. The fourth-order valence-electron chi connectivity index (χ4n) is 3.92. The molecular formula is C19H23N3O2S. The van der Waals surface area contributed by atoms with Gasteiger partial charge in [0.1, 0.15) is 10.6 Å². The highest BCUT2D eigenvalue weighted by Gasteiger charge is 2.43. The number of fused-ring (bicyclic) bond motifs is 2. The number of hydrogen-bond acceptors (Lipinski definition) is 5. The van der Waals surface area contributed by atoms with Crippen molar-refractivity contribution >= 4 is 17.2 Å². The van der Waals surface area contributed by atoms with Crippen molar-refractivity contribution < 1.29 is 9.53 Å². The molecule has 1 amide bonds. The van der Waals surface area contributed by atoms with Crippen molar-refractivity contribution in [1.82, 2.24) is 15.2 Å². The van der Waals surface area contributed by atoms with Gasteiger partial charge in [-0.2, -0.15) is 0 Å². The Labute approximate surface area is 152 Å². The van der Waals surface area contributed by atoms with Crippen molar-refractivity contribution in [2.75, 3.05) is 26.7 Å². The van der Waals surface area contributed by atoms with E-state index in [2.05, 4.69) is 44.8 Å². The maximum Gasteiger partial charge on any atom is 0.226 e. The van der Waals surface area contributed by atoms with E-state index in [0.29, 0.717) is 6.42 Å². The standard InChI is InChI=1S/C19H23N3O2S/c1-20-17(23)10-18-21-15(12-25-18)11-22-8-9-24-19(13-22)7-6-14-4-2-3-5-16(14)19/h2-5,12H,6-11,13H2,1H3,(H,20,23). The van der Waals surface area contributed by atoms with E-state index in [1.54, 1.807) is 18.4 Å². The second-order valence-corrected chi connectivity index (χ2v) is 7.74. The molecule has 1 fully saturated rings. The molecule has 0 bridgehead atoms. The minimum Gasteiger partial charge on any atom is -0.368 e. The van der Waals surface area contributed by atoms with E-state index in [0.717, 1.165) is 49.8 Å². The zero-order chi connectivity index (χ0) is 17.3. The largest absolute Gasteiger partial charge is 0.368 e. The number of amides is 1. The fourth-order valence-corrected chi connectivity index (χ4v) is 4.70. The van der Waals surface area contributed by atoms with E-state index in [1.807, 2.05) is 0 Å². The number of aryl methyl sites for hydroxylation is 1. The molecule has 0 radical (unpaired) electrons. The van der Waals surface area contributed by atoms with E-state index in [1.165, 1.54) is 11.1 Å². The third kappa shape index (κ3) is 3.34. The topological polar surface area (TPSA) is 54.5 Å². The Hall–Kier alpha value is -1.76. The molecule has 2 aliphatic rings. The molecule has 2 aromatic rings. The third-order valence-corrected chi connectivity index (χ3v) is 6.04. The van der Waals surface area contributed by atoms with Crippen LogP contribution in [-0.2, 0) is 34.5 Å². The number of nitrogens with zero attached hydrogens (tertiary/aromatic N) is 2. The molecule has 6 heteroatoms. The Kier molecular flexibility index (Phi) is 4.58. The molecule has 1 aliphatic carbocycles. The van der Waals surface area contributed by atoms with Gasteiger partial charge in [0.25, 0.3) is 0 Å². The summed E-state index contributed by atoms with van der Waals surface area (Å²) < 4.78 is 6.28. The number of aromatic nitrogens is 1. The predicted octanol–water partition coefficient (Wildman–Crippen LogP) is 2.11. The minimum absolute atomic E-state index is 0.00814. The molecule has 1 aromatic carbocycles. The maximum atomic E-state index is 11.5. The summed E-state index contributed by atoms with van der Waals surface area (Å²) in [5.74, 6) is 0.00814. The first-order valence-electron chi connectivity index (χ1n) is 8.77. The Morgan fingerprint density at radius 1 is 1.44 bits per heavy atom. The molecule has 1 aromatic heterocycles. The Morgan fingerprint density at radius 2 is 2.32 bits per heavy atom. The predicted molar refractivity (Wildman–Crippen MR) is 97.6 cm³/mol. The van der Waals surface area contributed by atoms with Crippen molar-refractivity contribution in [2.45, 2.75) is 31.4 Å². The van der Waals surface area contributed by atoms with Gasteiger partial charge in [-0.15, -0.1) is 11.3 Å². The number of ether oxygens (including phenoxy) is 1. The van der Waals surface area contributed by atoms with Crippen LogP contribution in [-0.4, -0.2) is 42.5 Å². The molecule has 4 rings (SSSR count). The van der Waals surface area contributed by atoms with Gasteiger partial charge in [-0.3, -0.25) is 9.69 Å². The summed E-state index contributed by atoms with van der Waals surface area (Å²) in [6, 6.07) is 8.66. The van der Waals surface area contributed by atoms with Crippen LogP contribution in [0.25, 0.3) is 0 Å². The quantitative estimate of drug-likeness (QED) is 0.911. The van der Waals surface area contributed by atoms with Gasteiger partial charge in [0.15, 0.2) is 0 Å². The van der Waals surface area contributed by atoms with Crippen molar-refractivity contribution in [3.05, 3.63) is 51.5 Å². The highest BCUT2D eigenvalue weighted by atomic mass is 32.1. The van der Waals surface area contributed by atoms with Crippen molar-refractivity contribution in [1.29, 1.82) is 0 Å². The third-order valence-electron chi connectivity index (χ3n) is 5.15. The van der Waals surface area contributed by atoms with Gasteiger partial charge in [-0.05, 0) is 24.0 Å². The molecule has 2 heterocycles. The second kappa shape index (κ2) is 6.86. The normalized spacial score (nSPS) is 22.9. The average Bonchev–Trinajstić information content (AvgIpc) is 3.21. The molecule has 1 unspecified atom stereocenters. The monoisotopic (exact) mass is 357 g/mol. The zero-order valence-corrected chi connectivity index (χ0v) is 15.3. The number of morpholine rings is 1. The first kappa shape index (κ1) is 16.7. The molecule has 1 aliphatic heterocycles. The summed E-state index contributed by atoms with van der Waals surface area (Å²) in [4.78, 5) is 18.6. The lowest BCUT2D eigenvalue weighted by Crippen LogP contribution is -2.48. The van der Waals surface area contributed by atoms with Gasteiger partial charge < -0.3 is 10.1 Å². The lowest BCUT2D eigenvalue weighted by atomic mass is 9.93. The number of carbonyl (C=O) groups excluding carboxylic acids is 1. The van der Waals surface area contributed by atoms with Crippen LogP contribution in [0.15, 0.2) is 29.6 Å². The van der Waals surface area contributed by atoms with E-state index in [-0.39, 0.29) is 11.5 Å². The number of likely N-dealkylation sites (N-methyl/N-ethyl adjacent to an activating group) is 1. The number of benzene rings is 1. The molecule has 1 spiro atoms. The van der Waals surface area contributed by atoms with Gasteiger partial charge in [-0.1, -0.05) is 24.3 Å². The summed E-state index contributed by atoms with van der Waals surface area (Å²) in [7, 11) is 1.66. The number of rotatable bonds is 4. The molecule has 1 saturated heterocycles. The number of carbonyl (C=O) groups is 1. The lowest BCUT2D eigenvalue weighted by Gasteiger charge is -2.41. The number of nitrogens with one attached hydrogen (secondary N) is 1. The lowest BCUT2D eigenvalue weighted by molar-refractivity contribution is -0.119. The van der Waals surface area contributed by atoms with Crippen LogP contribution in [0.5, 0.6) is 0 Å². The molecule has 1 N–H and O–H groups in total. The van der Waals surface area contributed by atoms with Crippen molar-refractivity contribution in [2.24, 2.45) is 0 Å². The SMILES string of the molecule is CNC(=O)Cc1nc(CN2CCOC3(CCc4ccccc43)C2)cs1. The molecular weight excluding hydrogens is 334 g/mol. The summed E-state index contributed by atoms with van der Waals surface area (Å²) in [6.45, 7) is 3.40. The van der Waals surface area contributed by atoms with E-state index in [4.69, 9.17) is 4.74 Å². The van der Waals surface area contributed by atoms with Crippen LogP contribution in [0, 0.1) is 0 Å². The van der Waals surface area contributed by atoms with Gasteiger partial charge in [0, 0.05) is 32.1 Å². The van der Waals surface area contributed by atoms with Crippen molar-refractivity contribution in [3.63, 3.8) is 0 Å². The summed E-state index contributed by atoms with van der Waals surface area (Å²) in [5.41, 5.74) is 3.67. The Morgan fingerprint density at radius 3 is 3.20 bits per heavy atom. The van der Waals surface area contributed by atoms with Gasteiger partial charge in [0.2, 0.25) is 5.91 Å². The summed E-state index contributed by atoms with van der Waals surface area (Å²) in [6.07, 6.45) is 2.51. The minimum atomic E-state index is -0.157. The van der Waals surface area contributed by atoms with Gasteiger partial charge in [0.05, 0.1) is 18.7 Å². The summed E-state index contributed by atoms with van der Waals surface area (Å²) >= 11 is 1.56. The molecule has 132 valence electrons. The molecule has 25 heavy (non-hydrogen) atoms. The van der Waals surface area contributed by atoms with E-state index in [9.17, 15) is 4.79 Å². The fraction of sp³-hybridized carbons (Fsp3) is 0.474. The number of hydrogen-bond donors (Lipinski definition) is 1. The maximum absolute atomic E-state index is 11.5. The Balaban J connectivity index is 1.45. The average molecular weight is 357 g/mol.